The van der Waals surface area contributed by atoms with Gasteiger partial charge in [-0.2, -0.15) is 0 Å². The predicted octanol–water partition coefficient (Wildman–Crippen LogP) is 4.33. The number of aryl methyl sites for hydroxylation is 2. The van der Waals surface area contributed by atoms with Gasteiger partial charge in [0.1, 0.15) is 10.6 Å². The molecule has 1 aliphatic rings. The van der Waals surface area contributed by atoms with Gasteiger partial charge in [0, 0.05) is 23.8 Å². The molecule has 2 aromatic heterocycles. The fraction of sp³-hybridized carbons (Fsp3) is 0.316. The molecule has 0 radical (unpaired) electrons. The number of nitrogens with one attached hydrogen (secondary N) is 1. The summed E-state index contributed by atoms with van der Waals surface area (Å²) >= 11 is 1.57. The molecule has 0 unspecified atom stereocenters. The quantitative estimate of drug-likeness (QED) is 0.731. The number of aromatic nitrogens is 3. The van der Waals surface area contributed by atoms with Crippen molar-refractivity contribution in [3.05, 3.63) is 52.9 Å². The fourth-order valence-electron chi connectivity index (χ4n) is 2.98. The van der Waals surface area contributed by atoms with Crippen molar-refractivity contribution in [2.45, 2.75) is 38.7 Å². The molecule has 1 fully saturated rings. The zero-order chi connectivity index (χ0) is 17.4. The maximum absolute atomic E-state index is 10.5. The lowest BCUT2D eigenvalue weighted by atomic mass is 9.81. The Morgan fingerprint density at radius 1 is 1.16 bits per heavy atom. The summed E-state index contributed by atoms with van der Waals surface area (Å²) in [5.74, 6) is 0.588. The Morgan fingerprint density at radius 3 is 2.72 bits per heavy atom. The van der Waals surface area contributed by atoms with E-state index in [4.69, 9.17) is 0 Å². The van der Waals surface area contributed by atoms with Gasteiger partial charge in [-0.15, -0.1) is 11.3 Å². The second-order valence-corrected chi connectivity index (χ2v) is 7.68. The van der Waals surface area contributed by atoms with Crippen molar-refractivity contribution in [2.24, 2.45) is 0 Å². The van der Waals surface area contributed by atoms with E-state index in [0.29, 0.717) is 5.95 Å². The standard InChI is InChI=1S/C19H20N4OS/c1-12-8-14(16-11-21-17(25-16)19(24)5-3-6-19)10-15(9-12)23-18-20-7-4-13(2)22-18/h4,7-11,24H,3,5-6H2,1-2H3,(H,20,22,23). The lowest BCUT2D eigenvalue weighted by molar-refractivity contribution is -0.0389. The number of thiazole rings is 1. The Kier molecular flexibility index (Phi) is 4.01. The molecule has 4 rings (SSSR count). The van der Waals surface area contributed by atoms with Gasteiger partial charge in [-0.25, -0.2) is 15.0 Å². The van der Waals surface area contributed by atoms with E-state index in [2.05, 4.69) is 45.4 Å². The number of rotatable bonds is 4. The molecule has 0 bridgehead atoms. The minimum Gasteiger partial charge on any atom is -0.383 e. The largest absolute Gasteiger partial charge is 0.383 e. The SMILES string of the molecule is Cc1cc(Nc2nccc(C)n2)cc(-c2cnc(C3(O)CCC3)s2)c1. The molecule has 6 heteroatoms. The van der Waals surface area contributed by atoms with Crippen molar-refractivity contribution in [2.75, 3.05) is 5.32 Å². The molecule has 2 N–H and O–H groups in total. The molecule has 0 saturated heterocycles. The van der Waals surface area contributed by atoms with Gasteiger partial charge >= 0.3 is 0 Å². The first-order valence-corrected chi connectivity index (χ1v) is 9.21. The van der Waals surface area contributed by atoms with Crippen LogP contribution in [0.2, 0.25) is 0 Å². The summed E-state index contributed by atoms with van der Waals surface area (Å²) in [7, 11) is 0. The van der Waals surface area contributed by atoms with Crippen molar-refractivity contribution >= 4 is 23.0 Å². The second kappa shape index (κ2) is 6.20. The van der Waals surface area contributed by atoms with E-state index in [1.54, 1.807) is 17.5 Å². The highest BCUT2D eigenvalue weighted by atomic mass is 32.1. The van der Waals surface area contributed by atoms with E-state index in [-0.39, 0.29) is 0 Å². The summed E-state index contributed by atoms with van der Waals surface area (Å²) in [5, 5.41) is 14.6. The zero-order valence-corrected chi connectivity index (χ0v) is 15.1. The van der Waals surface area contributed by atoms with Gasteiger partial charge in [-0.05, 0) is 62.4 Å². The highest BCUT2D eigenvalue weighted by Crippen LogP contribution is 2.44. The first-order chi connectivity index (χ1) is 12.0. The van der Waals surface area contributed by atoms with Gasteiger partial charge < -0.3 is 10.4 Å². The van der Waals surface area contributed by atoms with Crippen molar-refractivity contribution in [1.29, 1.82) is 0 Å². The lowest BCUT2D eigenvalue weighted by Gasteiger charge is -2.34. The molecule has 5 nitrogen and oxygen atoms in total. The number of nitrogens with zero attached hydrogens (tertiary/aromatic N) is 3. The van der Waals surface area contributed by atoms with E-state index in [1.165, 1.54) is 0 Å². The summed E-state index contributed by atoms with van der Waals surface area (Å²) in [5.41, 5.74) is 3.39. The summed E-state index contributed by atoms with van der Waals surface area (Å²) in [4.78, 5) is 14.2. The average Bonchev–Trinajstić information content (AvgIpc) is 3.02. The van der Waals surface area contributed by atoms with Gasteiger partial charge in [-0.3, -0.25) is 0 Å². The van der Waals surface area contributed by atoms with Crippen LogP contribution in [0.5, 0.6) is 0 Å². The first kappa shape index (κ1) is 16.2. The Balaban J connectivity index is 1.63. The summed E-state index contributed by atoms with van der Waals surface area (Å²) in [6.07, 6.45) is 6.30. The highest BCUT2D eigenvalue weighted by Gasteiger charge is 2.39. The summed E-state index contributed by atoms with van der Waals surface area (Å²) in [6, 6.07) is 8.14. The Bertz CT molecular complexity index is 917. The fourth-order valence-corrected chi connectivity index (χ4v) is 4.03. The minimum absolute atomic E-state index is 0.588. The van der Waals surface area contributed by atoms with Crippen LogP contribution in [0.15, 0.2) is 36.7 Å². The number of anilines is 2. The molecule has 0 atom stereocenters. The molecule has 1 aromatic carbocycles. The van der Waals surface area contributed by atoms with Crippen molar-refractivity contribution in [3.63, 3.8) is 0 Å². The average molecular weight is 352 g/mol. The second-order valence-electron chi connectivity index (χ2n) is 6.65. The number of benzene rings is 1. The van der Waals surface area contributed by atoms with Crippen molar-refractivity contribution < 1.29 is 5.11 Å². The van der Waals surface area contributed by atoms with Gasteiger partial charge in [0.25, 0.3) is 0 Å². The minimum atomic E-state index is -0.705. The molecule has 25 heavy (non-hydrogen) atoms. The third-order valence-electron chi connectivity index (χ3n) is 4.50. The molecule has 0 aliphatic heterocycles. The van der Waals surface area contributed by atoms with Gasteiger partial charge in [0.2, 0.25) is 5.95 Å². The van der Waals surface area contributed by atoms with E-state index in [0.717, 1.165) is 51.7 Å². The molecule has 2 heterocycles. The molecule has 128 valence electrons. The van der Waals surface area contributed by atoms with Gasteiger partial charge in [0.05, 0.1) is 4.88 Å². The third-order valence-corrected chi connectivity index (χ3v) is 5.74. The topological polar surface area (TPSA) is 70.9 Å². The van der Waals surface area contributed by atoms with Crippen LogP contribution in [-0.4, -0.2) is 20.1 Å². The normalized spacial score (nSPS) is 15.6. The Labute approximate surface area is 150 Å². The summed E-state index contributed by atoms with van der Waals surface area (Å²) in [6.45, 7) is 4.01. The highest BCUT2D eigenvalue weighted by molar-refractivity contribution is 7.15. The molecular weight excluding hydrogens is 332 g/mol. The van der Waals surface area contributed by atoms with E-state index < -0.39 is 5.60 Å². The first-order valence-electron chi connectivity index (χ1n) is 8.39. The van der Waals surface area contributed by atoms with Crippen LogP contribution in [0.3, 0.4) is 0 Å². The van der Waals surface area contributed by atoms with Crippen LogP contribution in [0.25, 0.3) is 10.4 Å². The number of aliphatic hydroxyl groups is 1. The van der Waals surface area contributed by atoms with Crippen LogP contribution in [-0.2, 0) is 5.60 Å². The maximum Gasteiger partial charge on any atom is 0.227 e. The Morgan fingerprint density at radius 2 is 2.00 bits per heavy atom. The van der Waals surface area contributed by atoms with Crippen LogP contribution in [0, 0.1) is 13.8 Å². The van der Waals surface area contributed by atoms with Crippen LogP contribution in [0.1, 0.15) is 35.5 Å². The smallest absolute Gasteiger partial charge is 0.227 e. The Hall–Kier alpha value is -2.31. The molecule has 0 amide bonds. The van der Waals surface area contributed by atoms with Gasteiger partial charge in [-0.1, -0.05) is 6.07 Å². The van der Waals surface area contributed by atoms with Gasteiger partial charge in [0.15, 0.2) is 0 Å². The molecule has 1 saturated carbocycles. The molecule has 3 aromatic rings. The molecular formula is C19H20N4OS. The van der Waals surface area contributed by atoms with E-state index in [1.807, 2.05) is 19.2 Å². The molecule has 1 aliphatic carbocycles. The van der Waals surface area contributed by atoms with Crippen molar-refractivity contribution in [1.82, 2.24) is 15.0 Å². The number of hydrogen-bond donors (Lipinski definition) is 2. The van der Waals surface area contributed by atoms with Crippen molar-refractivity contribution in [3.8, 4) is 10.4 Å². The van der Waals surface area contributed by atoms with Crippen LogP contribution >= 0.6 is 11.3 Å². The maximum atomic E-state index is 10.5. The number of hydrogen-bond acceptors (Lipinski definition) is 6. The van der Waals surface area contributed by atoms with E-state index >= 15 is 0 Å². The predicted molar refractivity (Wildman–Crippen MR) is 100 cm³/mol. The van der Waals surface area contributed by atoms with E-state index in [9.17, 15) is 5.11 Å². The third kappa shape index (κ3) is 3.27. The monoisotopic (exact) mass is 352 g/mol. The van der Waals surface area contributed by atoms with Crippen LogP contribution < -0.4 is 5.32 Å². The lowest BCUT2D eigenvalue weighted by Crippen LogP contribution is -2.33. The summed E-state index contributed by atoms with van der Waals surface area (Å²) < 4.78 is 0. The zero-order valence-electron chi connectivity index (χ0n) is 14.3. The molecule has 0 spiro atoms. The van der Waals surface area contributed by atoms with Crippen LogP contribution in [0.4, 0.5) is 11.6 Å².